The summed E-state index contributed by atoms with van der Waals surface area (Å²) in [6.45, 7) is 12.9. The summed E-state index contributed by atoms with van der Waals surface area (Å²) in [5.41, 5.74) is 0. The Bertz CT molecular complexity index is 184. The van der Waals surface area contributed by atoms with Crippen molar-refractivity contribution < 1.29 is 0 Å². The molecule has 0 radical (unpaired) electrons. The first-order valence-corrected chi connectivity index (χ1v) is 6.79. The summed E-state index contributed by atoms with van der Waals surface area (Å²) in [4.78, 5) is 5.03. The molecule has 96 valence electrons. The van der Waals surface area contributed by atoms with Crippen molar-refractivity contribution in [3.8, 4) is 0 Å². The van der Waals surface area contributed by atoms with Gasteiger partial charge in [0.25, 0.3) is 0 Å². The van der Waals surface area contributed by atoms with Crippen LogP contribution in [0, 0.1) is 0 Å². The molecule has 3 heteroatoms. The van der Waals surface area contributed by atoms with Crippen molar-refractivity contribution in [1.82, 2.24) is 15.1 Å². The van der Waals surface area contributed by atoms with Gasteiger partial charge >= 0.3 is 0 Å². The van der Waals surface area contributed by atoms with E-state index in [2.05, 4.69) is 42.9 Å². The van der Waals surface area contributed by atoms with Crippen LogP contribution in [0.3, 0.4) is 0 Å². The molecule has 1 saturated heterocycles. The maximum Gasteiger partial charge on any atom is 0.0195 e. The molecular weight excluding hydrogens is 198 g/mol. The van der Waals surface area contributed by atoms with Crippen LogP contribution in [0.5, 0.6) is 0 Å². The monoisotopic (exact) mass is 227 g/mol. The summed E-state index contributed by atoms with van der Waals surface area (Å²) >= 11 is 0. The van der Waals surface area contributed by atoms with Crippen LogP contribution in [0.15, 0.2) is 0 Å². The summed E-state index contributed by atoms with van der Waals surface area (Å²) in [6.07, 6.45) is 2.57. The van der Waals surface area contributed by atoms with Gasteiger partial charge in [0.1, 0.15) is 0 Å². The average Bonchev–Trinajstić information content (AvgIpc) is 2.22. The number of hydrogen-bond donors (Lipinski definition) is 1. The zero-order valence-corrected chi connectivity index (χ0v) is 11.5. The van der Waals surface area contributed by atoms with Crippen LogP contribution in [0.1, 0.15) is 33.6 Å². The number of rotatable bonds is 6. The van der Waals surface area contributed by atoms with E-state index in [0.717, 1.165) is 6.54 Å². The van der Waals surface area contributed by atoms with E-state index < -0.39 is 0 Å². The van der Waals surface area contributed by atoms with Crippen LogP contribution < -0.4 is 5.32 Å². The standard InChI is InChI=1S/C13H29N3/c1-5-6-12(2)14-7-8-16-10-9-15(4)11-13(16)3/h12-14H,5-11H2,1-4H3. The minimum absolute atomic E-state index is 0.674. The molecule has 1 aliphatic rings. The van der Waals surface area contributed by atoms with E-state index in [9.17, 15) is 0 Å². The Morgan fingerprint density at radius 3 is 2.75 bits per heavy atom. The van der Waals surface area contributed by atoms with Crippen molar-refractivity contribution in [2.24, 2.45) is 0 Å². The van der Waals surface area contributed by atoms with Crippen molar-refractivity contribution in [1.29, 1.82) is 0 Å². The van der Waals surface area contributed by atoms with Crippen LogP contribution in [0.4, 0.5) is 0 Å². The third-order valence-corrected chi connectivity index (χ3v) is 3.58. The summed E-state index contributed by atoms with van der Waals surface area (Å²) < 4.78 is 0. The van der Waals surface area contributed by atoms with Crippen LogP contribution in [0.2, 0.25) is 0 Å². The predicted molar refractivity (Wildman–Crippen MR) is 70.9 cm³/mol. The second kappa shape index (κ2) is 7.25. The molecule has 0 saturated carbocycles. The number of likely N-dealkylation sites (N-methyl/N-ethyl adjacent to an activating group) is 1. The van der Waals surface area contributed by atoms with Gasteiger partial charge in [0, 0.05) is 44.8 Å². The Morgan fingerprint density at radius 1 is 1.38 bits per heavy atom. The van der Waals surface area contributed by atoms with Gasteiger partial charge in [0.15, 0.2) is 0 Å². The topological polar surface area (TPSA) is 18.5 Å². The molecule has 16 heavy (non-hydrogen) atoms. The van der Waals surface area contributed by atoms with Crippen LogP contribution in [0.25, 0.3) is 0 Å². The number of nitrogens with zero attached hydrogens (tertiary/aromatic N) is 2. The first-order valence-electron chi connectivity index (χ1n) is 6.79. The lowest BCUT2D eigenvalue weighted by molar-refractivity contribution is 0.100. The van der Waals surface area contributed by atoms with E-state index in [4.69, 9.17) is 0 Å². The molecule has 0 aromatic rings. The number of hydrogen-bond acceptors (Lipinski definition) is 3. The molecule has 1 rings (SSSR count). The smallest absolute Gasteiger partial charge is 0.0195 e. The Hall–Kier alpha value is -0.120. The highest BCUT2D eigenvalue weighted by Crippen LogP contribution is 2.06. The maximum atomic E-state index is 3.61. The highest BCUT2D eigenvalue weighted by molar-refractivity contribution is 4.77. The molecule has 1 heterocycles. The molecule has 2 atom stereocenters. The third kappa shape index (κ3) is 4.81. The van der Waals surface area contributed by atoms with Gasteiger partial charge in [-0.3, -0.25) is 4.90 Å². The Morgan fingerprint density at radius 2 is 2.12 bits per heavy atom. The van der Waals surface area contributed by atoms with Gasteiger partial charge < -0.3 is 10.2 Å². The molecule has 0 aromatic carbocycles. The van der Waals surface area contributed by atoms with Crippen molar-refractivity contribution in [3.63, 3.8) is 0 Å². The Labute approximate surface area is 101 Å². The molecular formula is C13H29N3. The minimum atomic E-state index is 0.674. The number of nitrogens with one attached hydrogen (secondary N) is 1. The largest absolute Gasteiger partial charge is 0.313 e. The van der Waals surface area contributed by atoms with Crippen molar-refractivity contribution in [2.45, 2.75) is 45.7 Å². The average molecular weight is 227 g/mol. The molecule has 2 unspecified atom stereocenters. The summed E-state index contributed by atoms with van der Waals surface area (Å²) in [6, 6.07) is 1.38. The van der Waals surface area contributed by atoms with Gasteiger partial charge in [-0.2, -0.15) is 0 Å². The zero-order chi connectivity index (χ0) is 12.0. The van der Waals surface area contributed by atoms with Gasteiger partial charge in [0.05, 0.1) is 0 Å². The summed E-state index contributed by atoms with van der Waals surface area (Å²) in [5, 5.41) is 3.61. The molecule has 1 aliphatic heterocycles. The summed E-state index contributed by atoms with van der Waals surface area (Å²) in [5.74, 6) is 0. The second-order valence-electron chi connectivity index (χ2n) is 5.29. The third-order valence-electron chi connectivity index (χ3n) is 3.58. The van der Waals surface area contributed by atoms with Crippen LogP contribution in [-0.4, -0.2) is 61.7 Å². The van der Waals surface area contributed by atoms with Crippen molar-refractivity contribution in [2.75, 3.05) is 39.8 Å². The zero-order valence-electron chi connectivity index (χ0n) is 11.5. The summed E-state index contributed by atoms with van der Waals surface area (Å²) in [7, 11) is 2.22. The van der Waals surface area contributed by atoms with E-state index >= 15 is 0 Å². The Balaban J connectivity index is 2.12. The van der Waals surface area contributed by atoms with Gasteiger partial charge in [-0.25, -0.2) is 0 Å². The minimum Gasteiger partial charge on any atom is -0.313 e. The van der Waals surface area contributed by atoms with E-state index in [0.29, 0.717) is 12.1 Å². The molecule has 0 bridgehead atoms. The predicted octanol–water partition coefficient (Wildman–Crippen LogP) is 1.40. The van der Waals surface area contributed by atoms with Crippen molar-refractivity contribution in [3.05, 3.63) is 0 Å². The molecule has 3 nitrogen and oxygen atoms in total. The molecule has 0 amide bonds. The van der Waals surface area contributed by atoms with Crippen molar-refractivity contribution >= 4 is 0 Å². The van der Waals surface area contributed by atoms with Gasteiger partial charge in [0.2, 0.25) is 0 Å². The van der Waals surface area contributed by atoms with E-state index in [-0.39, 0.29) is 0 Å². The van der Waals surface area contributed by atoms with Gasteiger partial charge in [-0.1, -0.05) is 13.3 Å². The highest BCUT2D eigenvalue weighted by atomic mass is 15.3. The Kier molecular flexibility index (Phi) is 6.32. The normalized spacial score (nSPS) is 25.9. The maximum absolute atomic E-state index is 3.61. The van der Waals surface area contributed by atoms with E-state index in [1.807, 2.05) is 0 Å². The quantitative estimate of drug-likeness (QED) is 0.740. The highest BCUT2D eigenvalue weighted by Gasteiger charge is 2.20. The van der Waals surface area contributed by atoms with Gasteiger partial charge in [-0.05, 0) is 27.3 Å². The number of piperazine rings is 1. The first kappa shape index (κ1) is 13.9. The second-order valence-corrected chi connectivity index (χ2v) is 5.29. The van der Waals surface area contributed by atoms with E-state index in [1.54, 1.807) is 0 Å². The SMILES string of the molecule is CCCC(C)NCCN1CCN(C)CC1C. The fourth-order valence-electron chi connectivity index (χ4n) is 2.50. The molecule has 0 aliphatic carbocycles. The van der Waals surface area contributed by atoms with E-state index in [1.165, 1.54) is 39.0 Å². The molecule has 0 aromatic heterocycles. The lowest BCUT2D eigenvalue weighted by atomic mass is 10.2. The lowest BCUT2D eigenvalue weighted by Gasteiger charge is -2.38. The molecule has 1 fully saturated rings. The van der Waals surface area contributed by atoms with Crippen LogP contribution >= 0.6 is 0 Å². The first-order chi connectivity index (χ1) is 7.63. The fraction of sp³-hybridized carbons (Fsp3) is 1.00. The molecule has 1 N–H and O–H groups in total. The van der Waals surface area contributed by atoms with Gasteiger partial charge in [-0.15, -0.1) is 0 Å². The lowest BCUT2D eigenvalue weighted by Crippen LogP contribution is -2.52. The fourth-order valence-corrected chi connectivity index (χ4v) is 2.50. The van der Waals surface area contributed by atoms with Crippen LogP contribution in [-0.2, 0) is 0 Å². The molecule has 0 spiro atoms.